The average molecular weight is 634 g/mol. The second kappa shape index (κ2) is 11.8. The SMILES string of the molecule is CCOC(=O)c1ccc(NC(=O)Cn2c3c(sc2=O)[C@@H](c2ccccc2)C2C(=O)N(c4ccc(Cl)cc4)C(=O)C2S3)cc1. The van der Waals surface area contributed by atoms with Crippen molar-refractivity contribution in [3.8, 4) is 0 Å². The topological polar surface area (TPSA) is 115 Å². The Morgan fingerprint density at radius 1 is 0.930 bits per heavy atom. The Kier molecular flexibility index (Phi) is 7.95. The fourth-order valence-corrected chi connectivity index (χ4v) is 8.27. The third kappa shape index (κ3) is 5.39. The number of carbonyl (C=O) groups is 4. The number of carbonyl (C=O) groups excluding carboxylic acids is 4. The largest absolute Gasteiger partial charge is 0.462 e. The molecule has 3 heterocycles. The van der Waals surface area contributed by atoms with Crippen LogP contribution in [-0.2, 0) is 25.7 Å². The summed E-state index contributed by atoms with van der Waals surface area (Å²) in [5.74, 6) is -2.93. The highest BCUT2D eigenvalue weighted by atomic mass is 35.5. The van der Waals surface area contributed by atoms with Gasteiger partial charge in [0.1, 0.15) is 11.8 Å². The molecular weight excluding hydrogens is 610 g/mol. The van der Waals surface area contributed by atoms with Gasteiger partial charge in [0, 0.05) is 21.5 Å². The molecule has 43 heavy (non-hydrogen) atoms. The number of fused-ring (bicyclic) bond motifs is 2. The van der Waals surface area contributed by atoms with E-state index < -0.39 is 29.0 Å². The van der Waals surface area contributed by atoms with E-state index >= 15 is 0 Å². The van der Waals surface area contributed by atoms with Crippen LogP contribution in [-0.4, -0.2) is 40.1 Å². The van der Waals surface area contributed by atoms with Crippen molar-refractivity contribution in [2.75, 3.05) is 16.8 Å². The van der Waals surface area contributed by atoms with Crippen molar-refractivity contribution in [3.05, 3.63) is 110 Å². The molecule has 6 rings (SSSR count). The summed E-state index contributed by atoms with van der Waals surface area (Å²) in [6.07, 6.45) is 0. The Bertz CT molecular complexity index is 1790. The highest BCUT2D eigenvalue weighted by Crippen LogP contribution is 2.53. The number of nitrogens with zero attached hydrogens (tertiary/aromatic N) is 2. The maximum Gasteiger partial charge on any atom is 0.338 e. The van der Waals surface area contributed by atoms with Crippen LogP contribution in [0.4, 0.5) is 11.4 Å². The molecule has 1 aromatic heterocycles. The summed E-state index contributed by atoms with van der Waals surface area (Å²) in [7, 11) is 0. The first kappa shape index (κ1) is 28.9. The van der Waals surface area contributed by atoms with Gasteiger partial charge in [0.15, 0.2) is 0 Å². The summed E-state index contributed by atoms with van der Waals surface area (Å²) in [5.41, 5.74) is 2.03. The normalized spacial score (nSPS) is 19.1. The Labute approximate surface area is 259 Å². The van der Waals surface area contributed by atoms with Crippen LogP contribution in [0.25, 0.3) is 0 Å². The average Bonchev–Trinajstić information content (AvgIpc) is 3.44. The van der Waals surface area contributed by atoms with E-state index in [2.05, 4.69) is 5.32 Å². The van der Waals surface area contributed by atoms with Gasteiger partial charge < -0.3 is 10.1 Å². The quantitative estimate of drug-likeness (QED) is 0.220. The zero-order chi connectivity index (χ0) is 30.2. The predicted octanol–water partition coefficient (Wildman–Crippen LogP) is 5.17. The molecule has 4 aromatic rings. The van der Waals surface area contributed by atoms with Crippen molar-refractivity contribution < 1.29 is 23.9 Å². The second-order valence-electron chi connectivity index (χ2n) is 9.91. The minimum absolute atomic E-state index is 0.251. The number of amides is 3. The van der Waals surface area contributed by atoms with E-state index in [9.17, 15) is 24.0 Å². The van der Waals surface area contributed by atoms with E-state index in [0.29, 0.717) is 31.9 Å². The van der Waals surface area contributed by atoms with Crippen molar-refractivity contribution in [1.82, 2.24) is 4.57 Å². The van der Waals surface area contributed by atoms with Crippen LogP contribution >= 0.6 is 34.7 Å². The molecule has 12 heteroatoms. The van der Waals surface area contributed by atoms with Gasteiger partial charge in [0.2, 0.25) is 17.7 Å². The van der Waals surface area contributed by atoms with E-state index in [0.717, 1.165) is 28.7 Å². The molecular formula is C31H24ClN3O6S2. The fraction of sp³-hybridized carbons (Fsp3) is 0.194. The number of thiazole rings is 1. The number of anilines is 2. The van der Waals surface area contributed by atoms with Crippen LogP contribution in [0.1, 0.15) is 33.6 Å². The van der Waals surface area contributed by atoms with Crippen molar-refractivity contribution in [3.63, 3.8) is 0 Å². The number of halogens is 1. The number of ether oxygens (including phenoxy) is 1. The molecule has 0 saturated carbocycles. The zero-order valence-electron chi connectivity index (χ0n) is 22.7. The molecule has 218 valence electrons. The van der Waals surface area contributed by atoms with Crippen LogP contribution in [0.5, 0.6) is 0 Å². The van der Waals surface area contributed by atoms with Crippen LogP contribution in [0.2, 0.25) is 5.02 Å². The molecule has 0 bridgehead atoms. The smallest absolute Gasteiger partial charge is 0.338 e. The van der Waals surface area contributed by atoms with E-state index in [1.807, 2.05) is 30.3 Å². The van der Waals surface area contributed by atoms with Gasteiger partial charge in [-0.15, -0.1) is 0 Å². The van der Waals surface area contributed by atoms with Crippen molar-refractivity contribution in [2.45, 2.75) is 29.7 Å². The summed E-state index contributed by atoms with van der Waals surface area (Å²) < 4.78 is 6.35. The fourth-order valence-electron chi connectivity index (χ4n) is 5.37. The predicted molar refractivity (Wildman–Crippen MR) is 165 cm³/mol. The first-order valence-corrected chi connectivity index (χ1v) is 15.5. The molecule has 1 N–H and O–H groups in total. The highest BCUT2D eigenvalue weighted by Gasteiger charge is 2.56. The number of rotatable bonds is 7. The maximum atomic E-state index is 13.9. The van der Waals surface area contributed by atoms with Gasteiger partial charge in [0.25, 0.3) is 0 Å². The standard InChI is InChI=1S/C31H24ClN3O6S2/c1-2-41-30(39)18-8-12-20(13-9-18)33-22(36)16-34-29-26(43-31(34)40)23(17-6-4-3-5-7-17)24-25(42-29)28(38)35(27(24)37)21-14-10-19(32)11-15-21/h3-15,23-25H,2,16H2,1H3,(H,33,36)/t23-,24?,25?/m0/s1. The molecule has 3 aromatic carbocycles. The Morgan fingerprint density at radius 3 is 2.30 bits per heavy atom. The van der Waals surface area contributed by atoms with Crippen LogP contribution < -0.4 is 15.1 Å². The third-order valence-electron chi connectivity index (χ3n) is 7.27. The van der Waals surface area contributed by atoms with Gasteiger partial charge in [-0.3, -0.25) is 23.7 Å². The monoisotopic (exact) mass is 633 g/mol. The molecule has 3 amide bonds. The number of aromatic nitrogens is 1. The lowest BCUT2D eigenvalue weighted by atomic mass is 9.83. The summed E-state index contributed by atoms with van der Waals surface area (Å²) in [4.78, 5) is 67.5. The van der Waals surface area contributed by atoms with E-state index in [-0.39, 0.29) is 29.8 Å². The molecule has 2 aliphatic heterocycles. The Hall–Kier alpha value is -4.19. The Balaban J connectivity index is 1.32. The summed E-state index contributed by atoms with van der Waals surface area (Å²) >= 11 is 8.18. The maximum absolute atomic E-state index is 13.9. The van der Waals surface area contributed by atoms with Crippen molar-refractivity contribution in [2.24, 2.45) is 5.92 Å². The lowest BCUT2D eigenvalue weighted by Gasteiger charge is -2.30. The van der Waals surface area contributed by atoms with E-state index in [1.165, 1.54) is 9.47 Å². The van der Waals surface area contributed by atoms with Crippen molar-refractivity contribution >= 4 is 69.8 Å². The van der Waals surface area contributed by atoms with Crippen LogP contribution in [0.15, 0.2) is 88.7 Å². The first-order valence-electron chi connectivity index (χ1n) is 13.4. The van der Waals surface area contributed by atoms with E-state index in [4.69, 9.17) is 16.3 Å². The van der Waals surface area contributed by atoms with Gasteiger partial charge in [-0.05, 0) is 61.0 Å². The molecule has 0 spiro atoms. The third-order valence-corrected chi connectivity index (χ3v) is 10.1. The number of imide groups is 1. The van der Waals surface area contributed by atoms with Gasteiger partial charge in [-0.25, -0.2) is 9.69 Å². The number of hydrogen-bond donors (Lipinski definition) is 1. The zero-order valence-corrected chi connectivity index (χ0v) is 25.1. The summed E-state index contributed by atoms with van der Waals surface area (Å²) in [6, 6.07) is 22.1. The van der Waals surface area contributed by atoms with Gasteiger partial charge in [0.05, 0.1) is 28.8 Å². The van der Waals surface area contributed by atoms with Gasteiger partial charge >= 0.3 is 10.8 Å². The molecule has 0 aliphatic carbocycles. The number of benzene rings is 3. The number of esters is 1. The van der Waals surface area contributed by atoms with Crippen LogP contribution in [0, 0.1) is 5.92 Å². The molecule has 0 radical (unpaired) electrons. The summed E-state index contributed by atoms with van der Waals surface area (Å²) in [6.45, 7) is 1.67. The molecule has 1 fully saturated rings. The molecule has 1 saturated heterocycles. The van der Waals surface area contributed by atoms with E-state index in [1.54, 1.807) is 55.5 Å². The summed E-state index contributed by atoms with van der Waals surface area (Å²) in [5, 5.41) is 2.94. The molecule has 9 nitrogen and oxygen atoms in total. The van der Waals surface area contributed by atoms with Crippen LogP contribution in [0.3, 0.4) is 0 Å². The second-order valence-corrected chi connectivity index (χ2v) is 12.5. The molecule has 2 aliphatic rings. The van der Waals surface area contributed by atoms with Crippen molar-refractivity contribution in [1.29, 1.82) is 0 Å². The van der Waals surface area contributed by atoms with Gasteiger partial charge in [-0.2, -0.15) is 0 Å². The Morgan fingerprint density at radius 2 is 1.63 bits per heavy atom. The number of hydrogen-bond acceptors (Lipinski definition) is 8. The first-order chi connectivity index (χ1) is 20.8. The van der Waals surface area contributed by atoms with Gasteiger partial charge in [-0.1, -0.05) is 65.0 Å². The highest BCUT2D eigenvalue weighted by molar-refractivity contribution is 8.00. The lowest BCUT2D eigenvalue weighted by molar-refractivity contribution is -0.122. The molecule has 2 unspecified atom stereocenters. The number of nitrogens with one attached hydrogen (secondary N) is 1. The minimum Gasteiger partial charge on any atom is -0.462 e. The molecule has 3 atom stereocenters. The minimum atomic E-state index is -0.792. The lowest BCUT2D eigenvalue weighted by Crippen LogP contribution is -2.33. The number of thioether (sulfide) groups is 1.